The number of rotatable bonds is 5. The number of nitrogens with one attached hydrogen (secondary N) is 1. The molecule has 0 saturated carbocycles. The summed E-state index contributed by atoms with van der Waals surface area (Å²) >= 11 is 0. The van der Waals surface area contributed by atoms with Crippen molar-refractivity contribution in [1.82, 2.24) is 20.2 Å². The largest absolute Gasteiger partial charge is 0.468 e. The SMILES string of the molecule is CN=C(NCc1cccnc1OCC(F)(F)F)N1CCN(c2ccccn2)CC1. The van der Waals surface area contributed by atoms with Crippen molar-refractivity contribution in [3.8, 4) is 5.88 Å². The second-order valence-electron chi connectivity index (χ2n) is 6.43. The summed E-state index contributed by atoms with van der Waals surface area (Å²) in [6, 6.07) is 9.16. The van der Waals surface area contributed by atoms with E-state index in [1.165, 1.54) is 6.20 Å². The average molecular weight is 408 g/mol. The number of aromatic nitrogens is 2. The quantitative estimate of drug-likeness (QED) is 0.605. The number of ether oxygens (including phenoxy) is 1. The van der Waals surface area contributed by atoms with E-state index in [1.807, 2.05) is 18.2 Å². The van der Waals surface area contributed by atoms with Crippen LogP contribution in [0.15, 0.2) is 47.7 Å². The van der Waals surface area contributed by atoms with Crippen LogP contribution in [0.3, 0.4) is 0 Å². The molecule has 1 fully saturated rings. The molecule has 1 N–H and O–H groups in total. The summed E-state index contributed by atoms with van der Waals surface area (Å²) in [4.78, 5) is 16.9. The van der Waals surface area contributed by atoms with Crippen LogP contribution >= 0.6 is 0 Å². The number of anilines is 1. The molecule has 1 saturated heterocycles. The predicted molar refractivity (Wildman–Crippen MR) is 104 cm³/mol. The zero-order chi connectivity index (χ0) is 20.7. The topological polar surface area (TPSA) is 65.9 Å². The van der Waals surface area contributed by atoms with Crippen molar-refractivity contribution in [3.63, 3.8) is 0 Å². The van der Waals surface area contributed by atoms with Crippen molar-refractivity contribution < 1.29 is 17.9 Å². The summed E-state index contributed by atoms with van der Waals surface area (Å²) in [5.41, 5.74) is 0.532. The molecule has 0 spiro atoms. The number of hydrogen-bond donors (Lipinski definition) is 1. The molecule has 1 aliphatic rings. The second kappa shape index (κ2) is 9.44. The third-order valence-electron chi connectivity index (χ3n) is 4.42. The molecule has 7 nitrogen and oxygen atoms in total. The van der Waals surface area contributed by atoms with Crippen LogP contribution in [0, 0.1) is 0 Å². The Balaban J connectivity index is 1.55. The first-order valence-electron chi connectivity index (χ1n) is 9.21. The smallest absolute Gasteiger partial charge is 0.422 e. The molecule has 0 aliphatic carbocycles. The van der Waals surface area contributed by atoms with Crippen LogP contribution in [0.5, 0.6) is 5.88 Å². The molecule has 3 heterocycles. The normalized spacial score (nSPS) is 15.4. The summed E-state index contributed by atoms with van der Waals surface area (Å²) in [5, 5.41) is 3.19. The highest BCUT2D eigenvalue weighted by atomic mass is 19.4. The fourth-order valence-electron chi connectivity index (χ4n) is 3.03. The van der Waals surface area contributed by atoms with Crippen LogP contribution in [0.2, 0.25) is 0 Å². The van der Waals surface area contributed by atoms with E-state index in [2.05, 4.69) is 30.1 Å². The average Bonchev–Trinajstić information content (AvgIpc) is 2.74. The highest BCUT2D eigenvalue weighted by molar-refractivity contribution is 5.80. The molecule has 2 aromatic rings. The molecule has 0 unspecified atom stereocenters. The fraction of sp³-hybridized carbons (Fsp3) is 0.421. The minimum absolute atomic E-state index is 0.0345. The lowest BCUT2D eigenvalue weighted by Gasteiger charge is -2.37. The zero-order valence-electron chi connectivity index (χ0n) is 16.1. The summed E-state index contributed by atoms with van der Waals surface area (Å²) in [5.74, 6) is 1.58. The Bertz CT molecular complexity index is 807. The van der Waals surface area contributed by atoms with Crippen LogP contribution in [-0.4, -0.2) is 66.8 Å². The van der Waals surface area contributed by atoms with E-state index < -0.39 is 12.8 Å². The lowest BCUT2D eigenvalue weighted by atomic mass is 10.2. The van der Waals surface area contributed by atoms with Gasteiger partial charge in [-0.05, 0) is 18.2 Å². The van der Waals surface area contributed by atoms with E-state index in [4.69, 9.17) is 4.74 Å². The first-order chi connectivity index (χ1) is 14.0. The van der Waals surface area contributed by atoms with Gasteiger partial charge in [-0.25, -0.2) is 9.97 Å². The van der Waals surface area contributed by atoms with E-state index >= 15 is 0 Å². The molecule has 156 valence electrons. The maximum absolute atomic E-state index is 12.4. The van der Waals surface area contributed by atoms with Gasteiger partial charge in [0.1, 0.15) is 5.82 Å². The van der Waals surface area contributed by atoms with Crippen LogP contribution < -0.4 is 15.0 Å². The minimum Gasteiger partial charge on any atom is -0.468 e. The Labute approximate surface area is 167 Å². The van der Waals surface area contributed by atoms with Gasteiger partial charge in [0, 0.05) is 57.7 Å². The Kier molecular flexibility index (Phi) is 6.73. The number of nitrogens with zero attached hydrogens (tertiary/aromatic N) is 5. The van der Waals surface area contributed by atoms with E-state index in [-0.39, 0.29) is 12.4 Å². The maximum Gasteiger partial charge on any atom is 0.422 e. The molecule has 0 aromatic carbocycles. The third-order valence-corrected chi connectivity index (χ3v) is 4.42. The van der Waals surface area contributed by atoms with Gasteiger partial charge in [0.2, 0.25) is 5.88 Å². The van der Waals surface area contributed by atoms with Gasteiger partial charge in [0.05, 0.1) is 0 Å². The molecule has 0 amide bonds. The van der Waals surface area contributed by atoms with Gasteiger partial charge >= 0.3 is 6.18 Å². The van der Waals surface area contributed by atoms with Crippen LogP contribution in [0.1, 0.15) is 5.56 Å². The van der Waals surface area contributed by atoms with Crippen molar-refractivity contribution in [2.24, 2.45) is 4.99 Å². The van der Waals surface area contributed by atoms with E-state index in [1.54, 1.807) is 25.4 Å². The minimum atomic E-state index is -4.41. The standard InChI is InChI=1S/C19H23F3N6O/c1-23-18(28-11-9-27(10-12-28)16-6-2-3-7-24-16)26-13-15-5-4-8-25-17(15)29-14-19(20,21)22/h2-8H,9-14H2,1H3,(H,23,26). The molecule has 10 heteroatoms. The van der Waals surface area contributed by atoms with Gasteiger partial charge in [-0.2, -0.15) is 13.2 Å². The highest BCUT2D eigenvalue weighted by Gasteiger charge is 2.29. The lowest BCUT2D eigenvalue weighted by Crippen LogP contribution is -2.52. The molecular weight excluding hydrogens is 385 g/mol. The van der Waals surface area contributed by atoms with Gasteiger partial charge in [-0.1, -0.05) is 12.1 Å². The zero-order valence-corrected chi connectivity index (χ0v) is 16.1. The number of pyridine rings is 2. The first-order valence-corrected chi connectivity index (χ1v) is 9.21. The molecule has 0 bridgehead atoms. The Morgan fingerprint density at radius 1 is 1.10 bits per heavy atom. The number of guanidine groups is 1. The number of hydrogen-bond acceptors (Lipinski definition) is 5. The van der Waals surface area contributed by atoms with Crippen LogP contribution in [0.25, 0.3) is 0 Å². The number of halogens is 3. The first kappa shape index (κ1) is 20.7. The molecule has 1 aliphatic heterocycles. The summed E-state index contributed by atoms with van der Waals surface area (Å²) in [7, 11) is 1.68. The van der Waals surface area contributed by atoms with Crippen LogP contribution in [0.4, 0.5) is 19.0 Å². The fourth-order valence-corrected chi connectivity index (χ4v) is 3.03. The Morgan fingerprint density at radius 2 is 1.86 bits per heavy atom. The van der Waals surface area contributed by atoms with Crippen molar-refractivity contribution in [3.05, 3.63) is 48.3 Å². The highest BCUT2D eigenvalue weighted by Crippen LogP contribution is 2.20. The molecular formula is C19H23F3N6O. The van der Waals surface area contributed by atoms with Crippen molar-refractivity contribution in [2.45, 2.75) is 12.7 Å². The van der Waals surface area contributed by atoms with Crippen molar-refractivity contribution in [1.29, 1.82) is 0 Å². The molecule has 0 radical (unpaired) electrons. The molecule has 2 aromatic heterocycles. The summed E-state index contributed by atoms with van der Waals surface area (Å²) in [6.07, 6.45) is -1.24. The van der Waals surface area contributed by atoms with E-state index in [0.29, 0.717) is 11.5 Å². The molecule has 0 atom stereocenters. The van der Waals surface area contributed by atoms with Gasteiger partial charge in [-0.15, -0.1) is 0 Å². The lowest BCUT2D eigenvalue weighted by molar-refractivity contribution is -0.154. The number of aliphatic imine (C=N–C) groups is 1. The third kappa shape index (κ3) is 5.97. The van der Waals surface area contributed by atoms with Gasteiger partial charge in [0.15, 0.2) is 12.6 Å². The molecule has 29 heavy (non-hydrogen) atoms. The maximum atomic E-state index is 12.4. The number of piperazine rings is 1. The Morgan fingerprint density at radius 3 is 2.52 bits per heavy atom. The van der Waals surface area contributed by atoms with Crippen molar-refractivity contribution in [2.75, 3.05) is 44.7 Å². The Hall–Kier alpha value is -3.04. The summed E-state index contributed by atoms with van der Waals surface area (Å²) in [6.45, 7) is 1.98. The van der Waals surface area contributed by atoms with Gasteiger partial charge < -0.3 is 19.9 Å². The van der Waals surface area contributed by atoms with Crippen molar-refractivity contribution >= 4 is 11.8 Å². The second-order valence-corrected chi connectivity index (χ2v) is 6.43. The predicted octanol–water partition coefficient (Wildman–Crippen LogP) is 2.32. The van der Waals surface area contributed by atoms with E-state index in [0.717, 1.165) is 32.0 Å². The van der Waals surface area contributed by atoms with E-state index in [9.17, 15) is 13.2 Å². The molecule has 3 rings (SSSR count). The summed E-state index contributed by atoms with van der Waals surface area (Å²) < 4.78 is 42.1. The van der Waals surface area contributed by atoms with Gasteiger partial charge in [-0.3, -0.25) is 4.99 Å². The number of alkyl halides is 3. The van der Waals surface area contributed by atoms with Gasteiger partial charge in [0.25, 0.3) is 0 Å². The monoisotopic (exact) mass is 408 g/mol. The van der Waals surface area contributed by atoms with Crippen LogP contribution in [-0.2, 0) is 6.54 Å².